The Balaban J connectivity index is 1.73. The highest BCUT2D eigenvalue weighted by Gasteiger charge is 2.15. The molecular weight excluding hydrogens is 362 g/mol. The Hall–Kier alpha value is 0.0100. The number of rotatable bonds is 17. The second-order valence-electron chi connectivity index (χ2n) is 5.75. The lowest BCUT2D eigenvalue weighted by atomic mass is 10.1. The van der Waals surface area contributed by atoms with Crippen LogP contribution in [0.5, 0.6) is 0 Å². The second-order valence-corrected chi connectivity index (χ2v) is 8.54. The summed E-state index contributed by atoms with van der Waals surface area (Å²) in [6.45, 7) is 4.48. The highest BCUT2D eigenvalue weighted by Crippen LogP contribution is 2.39. The van der Waals surface area contributed by atoms with E-state index in [1.165, 1.54) is 18.6 Å². The molecule has 1 heterocycles. The van der Waals surface area contributed by atoms with Crippen molar-refractivity contribution < 1.29 is 23.7 Å². The minimum Gasteiger partial charge on any atom is -0.382 e. The number of amides is 1. The van der Waals surface area contributed by atoms with E-state index in [0.717, 1.165) is 18.1 Å². The summed E-state index contributed by atoms with van der Waals surface area (Å²) in [5.74, 6) is 1.41. The van der Waals surface area contributed by atoms with Crippen molar-refractivity contribution >= 4 is 27.5 Å². The van der Waals surface area contributed by atoms with Crippen molar-refractivity contribution in [3.63, 3.8) is 0 Å². The average Bonchev–Trinajstić information content (AvgIpc) is 3.13. The summed E-state index contributed by atoms with van der Waals surface area (Å²) >= 11 is 0. The maximum absolute atomic E-state index is 11.7. The van der Waals surface area contributed by atoms with Crippen LogP contribution in [-0.2, 0) is 23.7 Å². The number of methoxy groups -OCH3 is 1. The van der Waals surface area contributed by atoms with Crippen molar-refractivity contribution in [2.75, 3.05) is 65.7 Å². The number of hydrogen-bond donors (Lipinski definition) is 1. The molecule has 1 rings (SSSR count). The molecule has 0 radical (unpaired) electrons. The summed E-state index contributed by atoms with van der Waals surface area (Å²) in [6, 6.07) is 0. The van der Waals surface area contributed by atoms with Gasteiger partial charge in [-0.2, -0.15) is 0 Å². The zero-order valence-corrected chi connectivity index (χ0v) is 17.0. The Labute approximate surface area is 159 Å². The van der Waals surface area contributed by atoms with Gasteiger partial charge in [0.05, 0.1) is 46.2 Å². The van der Waals surface area contributed by atoms with E-state index in [1.807, 2.05) is 21.6 Å². The Morgan fingerprint density at radius 3 is 2.32 bits per heavy atom. The van der Waals surface area contributed by atoms with Crippen LogP contribution in [0.25, 0.3) is 0 Å². The van der Waals surface area contributed by atoms with Crippen LogP contribution in [-0.4, -0.2) is 76.8 Å². The van der Waals surface area contributed by atoms with Gasteiger partial charge in [0, 0.05) is 31.1 Å². The summed E-state index contributed by atoms with van der Waals surface area (Å²) < 4.78 is 20.9. The van der Waals surface area contributed by atoms with E-state index in [2.05, 4.69) is 5.32 Å². The fourth-order valence-electron chi connectivity index (χ4n) is 2.26. The number of carbonyl (C=O) groups excluding carboxylic acids is 1. The molecular formula is C17H33NO5S2. The van der Waals surface area contributed by atoms with Crippen molar-refractivity contribution in [3.05, 3.63) is 0 Å². The van der Waals surface area contributed by atoms with E-state index < -0.39 is 0 Å². The van der Waals surface area contributed by atoms with Crippen molar-refractivity contribution in [3.8, 4) is 0 Å². The molecule has 0 aromatic heterocycles. The molecule has 25 heavy (non-hydrogen) atoms. The van der Waals surface area contributed by atoms with E-state index in [-0.39, 0.29) is 5.91 Å². The maximum Gasteiger partial charge on any atom is 0.220 e. The monoisotopic (exact) mass is 395 g/mol. The first-order valence-electron chi connectivity index (χ1n) is 9.10. The third kappa shape index (κ3) is 14.8. The first-order chi connectivity index (χ1) is 12.3. The molecule has 0 aromatic carbocycles. The van der Waals surface area contributed by atoms with Crippen LogP contribution < -0.4 is 5.32 Å². The molecule has 1 saturated heterocycles. The van der Waals surface area contributed by atoms with E-state index in [0.29, 0.717) is 59.2 Å². The van der Waals surface area contributed by atoms with Crippen LogP contribution in [0.1, 0.15) is 32.1 Å². The summed E-state index contributed by atoms with van der Waals surface area (Å²) in [4.78, 5) is 11.7. The van der Waals surface area contributed by atoms with Gasteiger partial charge in [0.1, 0.15) is 0 Å². The molecule has 1 fully saturated rings. The van der Waals surface area contributed by atoms with Crippen LogP contribution >= 0.6 is 21.6 Å². The molecule has 1 atom stereocenters. The molecule has 0 aromatic rings. The first-order valence-corrected chi connectivity index (χ1v) is 11.5. The molecule has 1 N–H and O–H groups in total. The summed E-state index contributed by atoms with van der Waals surface area (Å²) in [7, 11) is 5.63. The van der Waals surface area contributed by atoms with Gasteiger partial charge in [-0.15, -0.1) is 0 Å². The predicted octanol–water partition coefficient (Wildman–Crippen LogP) is 2.51. The summed E-state index contributed by atoms with van der Waals surface area (Å²) in [5.41, 5.74) is 0. The Morgan fingerprint density at radius 2 is 1.68 bits per heavy atom. The summed E-state index contributed by atoms with van der Waals surface area (Å²) in [6.07, 6.45) is 5.31. The number of hydrogen-bond acceptors (Lipinski definition) is 7. The molecule has 1 aliphatic heterocycles. The predicted molar refractivity (Wildman–Crippen MR) is 104 cm³/mol. The van der Waals surface area contributed by atoms with Crippen LogP contribution in [0.3, 0.4) is 0 Å². The molecule has 0 aliphatic carbocycles. The molecule has 6 nitrogen and oxygen atoms in total. The maximum atomic E-state index is 11.7. The molecule has 1 amide bonds. The highest BCUT2D eigenvalue weighted by molar-refractivity contribution is 8.77. The van der Waals surface area contributed by atoms with E-state index in [4.69, 9.17) is 18.9 Å². The van der Waals surface area contributed by atoms with Crippen LogP contribution in [0.2, 0.25) is 0 Å². The topological polar surface area (TPSA) is 66.0 Å². The van der Waals surface area contributed by atoms with Gasteiger partial charge in [-0.05, 0) is 19.3 Å². The number of nitrogens with one attached hydrogen (secondary N) is 1. The smallest absolute Gasteiger partial charge is 0.220 e. The number of carbonyl (C=O) groups is 1. The molecule has 1 aliphatic rings. The second kappa shape index (κ2) is 17.4. The summed E-state index contributed by atoms with van der Waals surface area (Å²) in [5, 5.41) is 3.70. The van der Waals surface area contributed by atoms with Gasteiger partial charge in [-0.25, -0.2) is 0 Å². The van der Waals surface area contributed by atoms with Gasteiger partial charge in [-0.1, -0.05) is 28.0 Å². The molecule has 0 bridgehead atoms. The minimum absolute atomic E-state index is 0.126. The number of ether oxygens (including phenoxy) is 4. The van der Waals surface area contributed by atoms with E-state index >= 15 is 0 Å². The standard InChI is InChI=1S/C17H33NO5S2/c1-20-9-10-22-13-14-23-12-11-21-8-7-18-17(19)5-3-2-4-16-6-15-24-25-16/h16H,2-15H2,1H3,(H,18,19)/t16-/m1/s1. The highest BCUT2D eigenvalue weighted by atomic mass is 33.1. The lowest BCUT2D eigenvalue weighted by Crippen LogP contribution is -2.27. The Morgan fingerprint density at radius 1 is 1.00 bits per heavy atom. The quantitative estimate of drug-likeness (QED) is 0.300. The Bertz CT molecular complexity index is 317. The molecule has 0 saturated carbocycles. The van der Waals surface area contributed by atoms with Crippen molar-refractivity contribution in [1.29, 1.82) is 0 Å². The molecule has 0 spiro atoms. The van der Waals surface area contributed by atoms with Crippen LogP contribution in [0.15, 0.2) is 0 Å². The average molecular weight is 396 g/mol. The van der Waals surface area contributed by atoms with Gasteiger partial charge in [0.15, 0.2) is 0 Å². The molecule has 0 unspecified atom stereocenters. The van der Waals surface area contributed by atoms with Crippen molar-refractivity contribution in [1.82, 2.24) is 5.32 Å². The SMILES string of the molecule is COCCOCCOCCOCCNC(=O)CCCC[C@@H]1CCSS1. The third-order valence-corrected chi connectivity index (χ3v) is 6.66. The lowest BCUT2D eigenvalue weighted by molar-refractivity contribution is -0.121. The normalized spacial score (nSPS) is 17.1. The van der Waals surface area contributed by atoms with Gasteiger partial charge >= 0.3 is 0 Å². The fraction of sp³-hybridized carbons (Fsp3) is 0.941. The van der Waals surface area contributed by atoms with E-state index in [9.17, 15) is 4.79 Å². The van der Waals surface area contributed by atoms with Gasteiger partial charge in [0.25, 0.3) is 0 Å². The minimum atomic E-state index is 0.126. The third-order valence-electron chi connectivity index (χ3n) is 3.65. The molecule has 8 heteroatoms. The zero-order valence-electron chi connectivity index (χ0n) is 15.3. The van der Waals surface area contributed by atoms with Crippen molar-refractivity contribution in [2.45, 2.75) is 37.4 Å². The largest absolute Gasteiger partial charge is 0.382 e. The van der Waals surface area contributed by atoms with Gasteiger partial charge in [0.2, 0.25) is 5.91 Å². The first kappa shape index (κ1) is 23.0. The van der Waals surface area contributed by atoms with Crippen molar-refractivity contribution in [2.24, 2.45) is 0 Å². The Kier molecular flexibility index (Phi) is 16.1. The van der Waals surface area contributed by atoms with Gasteiger partial charge in [-0.3, -0.25) is 4.79 Å². The number of unbranched alkanes of at least 4 members (excludes halogenated alkanes) is 1. The van der Waals surface area contributed by atoms with E-state index in [1.54, 1.807) is 7.11 Å². The van der Waals surface area contributed by atoms with Gasteiger partial charge < -0.3 is 24.3 Å². The zero-order chi connectivity index (χ0) is 18.0. The fourth-order valence-corrected chi connectivity index (χ4v) is 5.28. The molecule has 148 valence electrons. The van der Waals surface area contributed by atoms with Crippen LogP contribution in [0.4, 0.5) is 0 Å². The van der Waals surface area contributed by atoms with Crippen LogP contribution in [0, 0.1) is 0 Å². The lowest BCUT2D eigenvalue weighted by Gasteiger charge is -2.08.